The highest BCUT2D eigenvalue weighted by Gasteiger charge is 2.15. The molecule has 2 unspecified atom stereocenters. The van der Waals surface area contributed by atoms with E-state index < -0.39 is 0 Å². The standard InChI is InChI=1S/C13H20N2O3/c1-18-9-11(8-16)15-13(17)7-12(14)10-5-3-2-4-6-10/h2-6,11-12,16H,7-9,14H2,1H3,(H,15,17). The van der Waals surface area contributed by atoms with E-state index in [9.17, 15) is 4.79 Å². The number of hydrogen-bond acceptors (Lipinski definition) is 4. The molecule has 1 aromatic carbocycles. The molecule has 0 bridgehead atoms. The maximum Gasteiger partial charge on any atom is 0.222 e. The lowest BCUT2D eigenvalue weighted by atomic mass is 10.0. The smallest absolute Gasteiger partial charge is 0.222 e. The number of nitrogens with two attached hydrogens (primary N) is 1. The third-order valence-corrected chi connectivity index (χ3v) is 2.59. The molecular formula is C13H20N2O3. The topological polar surface area (TPSA) is 84.6 Å². The first-order chi connectivity index (χ1) is 8.67. The fourth-order valence-electron chi connectivity index (χ4n) is 1.65. The third kappa shape index (κ3) is 4.83. The normalized spacial score (nSPS) is 13.9. The fourth-order valence-corrected chi connectivity index (χ4v) is 1.65. The molecule has 18 heavy (non-hydrogen) atoms. The van der Waals surface area contributed by atoms with Crippen LogP contribution in [0, 0.1) is 0 Å². The number of ether oxygens (including phenoxy) is 1. The van der Waals surface area contributed by atoms with Gasteiger partial charge in [-0.2, -0.15) is 0 Å². The van der Waals surface area contributed by atoms with Crippen molar-refractivity contribution in [3.05, 3.63) is 35.9 Å². The molecule has 0 heterocycles. The number of carbonyl (C=O) groups is 1. The van der Waals surface area contributed by atoms with Gasteiger partial charge in [0.05, 0.1) is 19.3 Å². The summed E-state index contributed by atoms with van der Waals surface area (Å²) in [6.45, 7) is 0.128. The van der Waals surface area contributed by atoms with E-state index in [0.717, 1.165) is 5.56 Å². The van der Waals surface area contributed by atoms with Crippen molar-refractivity contribution in [2.75, 3.05) is 20.3 Å². The Bertz CT molecular complexity index is 357. The van der Waals surface area contributed by atoms with E-state index >= 15 is 0 Å². The molecule has 4 N–H and O–H groups in total. The van der Waals surface area contributed by atoms with Crippen LogP contribution in [-0.2, 0) is 9.53 Å². The van der Waals surface area contributed by atoms with Crippen molar-refractivity contribution in [1.82, 2.24) is 5.32 Å². The van der Waals surface area contributed by atoms with Gasteiger partial charge in [-0.3, -0.25) is 4.79 Å². The lowest BCUT2D eigenvalue weighted by molar-refractivity contribution is -0.122. The molecule has 5 nitrogen and oxygen atoms in total. The molecule has 0 aliphatic rings. The van der Waals surface area contributed by atoms with Crippen LogP contribution in [0.4, 0.5) is 0 Å². The van der Waals surface area contributed by atoms with E-state index in [2.05, 4.69) is 5.32 Å². The van der Waals surface area contributed by atoms with Gasteiger partial charge in [0.2, 0.25) is 5.91 Å². The van der Waals surface area contributed by atoms with Gasteiger partial charge >= 0.3 is 0 Å². The van der Waals surface area contributed by atoms with E-state index in [4.69, 9.17) is 15.6 Å². The van der Waals surface area contributed by atoms with E-state index in [1.807, 2.05) is 30.3 Å². The first-order valence-corrected chi connectivity index (χ1v) is 5.87. The zero-order valence-corrected chi connectivity index (χ0v) is 10.5. The fraction of sp³-hybridized carbons (Fsp3) is 0.462. The molecule has 5 heteroatoms. The van der Waals surface area contributed by atoms with Crippen molar-refractivity contribution in [3.63, 3.8) is 0 Å². The Balaban J connectivity index is 2.44. The summed E-state index contributed by atoms with van der Waals surface area (Å²) < 4.78 is 4.88. The van der Waals surface area contributed by atoms with Crippen LogP contribution in [0.25, 0.3) is 0 Å². The summed E-state index contributed by atoms with van der Waals surface area (Å²) in [5.74, 6) is -0.192. The summed E-state index contributed by atoms with van der Waals surface area (Å²) in [5.41, 5.74) is 6.85. The number of amides is 1. The van der Waals surface area contributed by atoms with Crippen LogP contribution >= 0.6 is 0 Å². The molecule has 0 saturated carbocycles. The Hall–Kier alpha value is -1.43. The molecule has 0 aromatic heterocycles. The van der Waals surface area contributed by atoms with Gasteiger partial charge in [0.15, 0.2) is 0 Å². The number of aliphatic hydroxyl groups is 1. The molecule has 0 saturated heterocycles. The van der Waals surface area contributed by atoms with Crippen molar-refractivity contribution in [3.8, 4) is 0 Å². The summed E-state index contributed by atoms with van der Waals surface area (Å²) in [5, 5.41) is 11.7. The monoisotopic (exact) mass is 252 g/mol. The van der Waals surface area contributed by atoms with Gasteiger partial charge in [-0.1, -0.05) is 30.3 Å². The highest BCUT2D eigenvalue weighted by atomic mass is 16.5. The highest BCUT2D eigenvalue weighted by Crippen LogP contribution is 2.12. The second-order valence-electron chi connectivity index (χ2n) is 4.12. The minimum Gasteiger partial charge on any atom is -0.394 e. The zero-order valence-electron chi connectivity index (χ0n) is 10.5. The van der Waals surface area contributed by atoms with Crippen LogP contribution in [0.1, 0.15) is 18.0 Å². The van der Waals surface area contributed by atoms with Crippen LogP contribution in [-0.4, -0.2) is 37.4 Å². The van der Waals surface area contributed by atoms with Crippen LogP contribution in [0.2, 0.25) is 0 Å². The van der Waals surface area contributed by atoms with E-state index in [1.54, 1.807) is 0 Å². The number of benzene rings is 1. The van der Waals surface area contributed by atoms with Crippen molar-refractivity contribution >= 4 is 5.91 Å². The van der Waals surface area contributed by atoms with Crippen molar-refractivity contribution < 1.29 is 14.6 Å². The number of hydrogen-bond donors (Lipinski definition) is 3. The maximum atomic E-state index is 11.7. The Morgan fingerprint density at radius 1 is 1.44 bits per heavy atom. The summed E-state index contributed by atoms with van der Waals surface area (Å²) in [4.78, 5) is 11.7. The minimum atomic E-state index is -0.384. The molecule has 1 amide bonds. The van der Waals surface area contributed by atoms with Crippen LogP contribution in [0.15, 0.2) is 30.3 Å². The quantitative estimate of drug-likeness (QED) is 0.647. The minimum absolute atomic E-state index is 0.153. The lowest BCUT2D eigenvalue weighted by Gasteiger charge is -2.17. The van der Waals surface area contributed by atoms with Crippen LogP contribution < -0.4 is 11.1 Å². The molecule has 0 fully saturated rings. The summed E-state index contributed by atoms with van der Waals surface area (Å²) >= 11 is 0. The Morgan fingerprint density at radius 3 is 2.67 bits per heavy atom. The van der Waals surface area contributed by atoms with E-state index in [1.165, 1.54) is 7.11 Å². The van der Waals surface area contributed by atoms with Crippen LogP contribution in [0.5, 0.6) is 0 Å². The lowest BCUT2D eigenvalue weighted by Crippen LogP contribution is -2.41. The first kappa shape index (κ1) is 14.6. The van der Waals surface area contributed by atoms with Gasteiger partial charge in [-0.25, -0.2) is 0 Å². The number of methoxy groups -OCH3 is 1. The Kier molecular flexibility index (Phi) is 6.35. The van der Waals surface area contributed by atoms with Gasteiger partial charge in [-0.15, -0.1) is 0 Å². The summed E-state index contributed by atoms with van der Waals surface area (Å²) in [6.07, 6.45) is 0.185. The van der Waals surface area contributed by atoms with Crippen molar-refractivity contribution in [2.45, 2.75) is 18.5 Å². The molecule has 0 radical (unpaired) electrons. The summed E-state index contributed by atoms with van der Waals surface area (Å²) in [7, 11) is 1.52. The Morgan fingerprint density at radius 2 is 2.11 bits per heavy atom. The maximum absolute atomic E-state index is 11.7. The molecule has 1 rings (SSSR count). The predicted molar refractivity (Wildman–Crippen MR) is 68.9 cm³/mol. The second-order valence-corrected chi connectivity index (χ2v) is 4.12. The average Bonchev–Trinajstić information content (AvgIpc) is 2.39. The van der Waals surface area contributed by atoms with E-state index in [0.29, 0.717) is 0 Å². The molecule has 0 aliphatic heterocycles. The molecule has 1 aromatic rings. The highest BCUT2D eigenvalue weighted by molar-refractivity contribution is 5.77. The van der Waals surface area contributed by atoms with Crippen molar-refractivity contribution in [2.24, 2.45) is 5.73 Å². The number of carbonyl (C=O) groups excluding carboxylic acids is 1. The largest absolute Gasteiger partial charge is 0.394 e. The molecular weight excluding hydrogens is 232 g/mol. The molecule has 0 spiro atoms. The third-order valence-electron chi connectivity index (χ3n) is 2.59. The number of nitrogens with one attached hydrogen (secondary N) is 1. The number of aliphatic hydroxyl groups excluding tert-OH is 1. The van der Waals surface area contributed by atoms with Crippen molar-refractivity contribution in [1.29, 1.82) is 0 Å². The van der Waals surface area contributed by atoms with Gasteiger partial charge in [0, 0.05) is 19.6 Å². The van der Waals surface area contributed by atoms with Gasteiger partial charge in [0.25, 0.3) is 0 Å². The average molecular weight is 252 g/mol. The molecule has 0 aliphatic carbocycles. The Labute approximate surface area is 107 Å². The predicted octanol–water partition coefficient (Wildman–Crippen LogP) is 0.200. The zero-order chi connectivity index (χ0) is 13.4. The van der Waals surface area contributed by atoms with Gasteiger partial charge in [0.1, 0.15) is 0 Å². The molecule has 2 atom stereocenters. The summed E-state index contributed by atoms with van der Waals surface area (Å²) in [6, 6.07) is 8.71. The first-order valence-electron chi connectivity index (χ1n) is 5.87. The van der Waals surface area contributed by atoms with Crippen LogP contribution in [0.3, 0.4) is 0 Å². The SMILES string of the molecule is COCC(CO)NC(=O)CC(N)c1ccccc1. The number of rotatable bonds is 7. The van der Waals surface area contributed by atoms with E-state index in [-0.39, 0.29) is 37.6 Å². The van der Waals surface area contributed by atoms with Gasteiger partial charge in [-0.05, 0) is 5.56 Å². The molecule has 100 valence electrons. The van der Waals surface area contributed by atoms with Gasteiger partial charge < -0.3 is 20.9 Å². The second kappa shape index (κ2) is 7.81.